The molecule has 0 unspecified atom stereocenters. The van der Waals surface area contributed by atoms with Gasteiger partial charge in [-0.05, 0) is 23.6 Å². The van der Waals surface area contributed by atoms with Gasteiger partial charge in [0.25, 0.3) is 17.5 Å². The molecule has 0 atom stereocenters. The molecule has 2 amide bonds. The number of carbonyl (C=O) groups excluding carboxylic acids is 2. The Morgan fingerprint density at radius 2 is 1.64 bits per heavy atom. The zero-order valence-corrected chi connectivity index (χ0v) is 12.7. The van der Waals surface area contributed by atoms with Crippen molar-refractivity contribution in [2.24, 2.45) is 0 Å². The van der Waals surface area contributed by atoms with Crippen molar-refractivity contribution in [3.05, 3.63) is 75.8 Å². The number of imide groups is 1. The standard InChI is InChI=1S/C18H10N2O5/c21-15-7-2-1-6-14(15)19-17(22)12-5-3-4-10-8-11(20(24)25)9-13(16(10)12)18(19)23/h1-9,21H. The smallest absolute Gasteiger partial charge is 0.270 e. The summed E-state index contributed by atoms with van der Waals surface area (Å²) in [5.74, 6) is -1.53. The van der Waals surface area contributed by atoms with E-state index in [0.29, 0.717) is 10.8 Å². The molecule has 0 aromatic heterocycles. The normalized spacial score (nSPS) is 13.4. The third kappa shape index (κ3) is 2.06. The number of anilines is 1. The number of benzene rings is 3. The largest absolute Gasteiger partial charge is 0.506 e. The molecule has 4 rings (SSSR count). The van der Waals surface area contributed by atoms with Gasteiger partial charge < -0.3 is 5.11 Å². The zero-order chi connectivity index (χ0) is 17.7. The second-order valence-electron chi connectivity index (χ2n) is 5.59. The first-order valence-corrected chi connectivity index (χ1v) is 7.37. The number of phenols is 1. The van der Waals surface area contributed by atoms with Crippen LogP contribution in [0.1, 0.15) is 20.7 Å². The average Bonchev–Trinajstić information content (AvgIpc) is 2.60. The van der Waals surface area contributed by atoms with Crippen LogP contribution in [0, 0.1) is 10.1 Å². The monoisotopic (exact) mass is 334 g/mol. The van der Waals surface area contributed by atoms with Crippen LogP contribution < -0.4 is 4.90 Å². The number of phenolic OH excluding ortho intramolecular Hbond substituents is 1. The van der Waals surface area contributed by atoms with Crippen molar-refractivity contribution < 1.29 is 19.6 Å². The van der Waals surface area contributed by atoms with Crippen molar-refractivity contribution in [1.29, 1.82) is 0 Å². The highest BCUT2D eigenvalue weighted by Gasteiger charge is 2.36. The predicted octanol–water partition coefficient (Wildman–Crippen LogP) is 3.25. The number of nitro groups is 1. The van der Waals surface area contributed by atoms with Crippen LogP contribution in [0.3, 0.4) is 0 Å². The van der Waals surface area contributed by atoms with Crippen molar-refractivity contribution in [3.8, 4) is 5.75 Å². The van der Waals surface area contributed by atoms with E-state index in [-0.39, 0.29) is 28.3 Å². The van der Waals surface area contributed by atoms with Crippen LogP contribution in [0.2, 0.25) is 0 Å². The molecule has 0 saturated carbocycles. The summed E-state index contributed by atoms with van der Waals surface area (Å²) in [6.07, 6.45) is 0. The summed E-state index contributed by atoms with van der Waals surface area (Å²) < 4.78 is 0. The second-order valence-corrected chi connectivity index (χ2v) is 5.59. The Balaban J connectivity index is 2.04. The number of hydrogen-bond acceptors (Lipinski definition) is 5. The fourth-order valence-electron chi connectivity index (χ4n) is 3.07. The molecule has 1 aliphatic heterocycles. The number of nitro benzene ring substituents is 1. The molecule has 1 aliphatic rings. The van der Waals surface area contributed by atoms with E-state index in [1.807, 2.05) is 0 Å². The number of hydrogen-bond donors (Lipinski definition) is 1. The molecule has 7 heteroatoms. The summed E-state index contributed by atoms with van der Waals surface area (Å²) in [4.78, 5) is 37.2. The predicted molar refractivity (Wildman–Crippen MR) is 89.8 cm³/mol. The van der Waals surface area contributed by atoms with Gasteiger partial charge in [-0.25, -0.2) is 4.90 Å². The summed E-state index contributed by atoms with van der Waals surface area (Å²) in [7, 11) is 0. The fourth-order valence-corrected chi connectivity index (χ4v) is 3.07. The minimum absolute atomic E-state index is 0.0339. The number of nitrogens with zero attached hydrogens (tertiary/aromatic N) is 2. The van der Waals surface area contributed by atoms with Crippen molar-refractivity contribution in [1.82, 2.24) is 0 Å². The summed E-state index contributed by atoms with van der Waals surface area (Å²) in [5, 5.41) is 22.0. The lowest BCUT2D eigenvalue weighted by Crippen LogP contribution is -2.40. The fraction of sp³-hybridized carbons (Fsp3) is 0. The molecule has 0 saturated heterocycles. The van der Waals surface area contributed by atoms with Crippen LogP contribution in [0.4, 0.5) is 11.4 Å². The molecular formula is C18H10N2O5. The maximum absolute atomic E-state index is 12.9. The Morgan fingerprint density at radius 3 is 2.36 bits per heavy atom. The number of amides is 2. The van der Waals surface area contributed by atoms with E-state index in [1.54, 1.807) is 30.3 Å². The highest BCUT2D eigenvalue weighted by molar-refractivity contribution is 6.36. The molecule has 3 aromatic rings. The number of carbonyl (C=O) groups is 2. The number of para-hydroxylation sites is 2. The summed E-state index contributed by atoms with van der Waals surface area (Å²) in [6.45, 7) is 0. The molecule has 1 N–H and O–H groups in total. The highest BCUT2D eigenvalue weighted by Crippen LogP contribution is 2.37. The van der Waals surface area contributed by atoms with Crippen molar-refractivity contribution in [2.45, 2.75) is 0 Å². The molecule has 25 heavy (non-hydrogen) atoms. The van der Waals surface area contributed by atoms with Crippen LogP contribution in [0.25, 0.3) is 10.8 Å². The van der Waals surface area contributed by atoms with Gasteiger partial charge in [0.1, 0.15) is 5.75 Å². The lowest BCUT2D eigenvalue weighted by Gasteiger charge is -2.27. The first kappa shape index (κ1) is 14.8. The van der Waals surface area contributed by atoms with E-state index < -0.39 is 16.7 Å². The van der Waals surface area contributed by atoms with Gasteiger partial charge in [0.05, 0.1) is 16.2 Å². The average molecular weight is 334 g/mol. The van der Waals surface area contributed by atoms with Gasteiger partial charge in [0.15, 0.2) is 0 Å². The van der Waals surface area contributed by atoms with Crippen LogP contribution in [-0.4, -0.2) is 21.8 Å². The molecule has 1 heterocycles. The third-order valence-corrected chi connectivity index (χ3v) is 4.16. The van der Waals surface area contributed by atoms with Gasteiger partial charge in [0, 0.05) is 23.1 Å². The molecule has 0 spiro atoms. The molecule has 3 aromatic carbocycles. The topological polar surface area (TPSA) is 101 Å². The molecule has 122 valence electrons. The van der Waals surface area contributed by atoms with E-state index in [4.69, 9.17) is 0 Å². The molecule has 0 fully saturated rings. The van der Waals surface area contributed by atoms with Crippen molar-refractivity contribution >= 4 is 34.0 Å². The Labute approximate surface area is 140 Å². The van der Waals surface area contributed by atoms with E-state index in [2.05, 4.69) is 0 Å². The first-order valence-electron chi connectivity index (χ1n) is 7.37. The van der Waals surface area contributed by atoms with Crippen molar-refractivity contribution in [2.75, 3.05) is 4.90 Å². The van der Waals surface area contributed by atoms with E-state index in [9.17, 15) is 24.8 Å². The van der Waals surface area contributed by atoms with Crippen molar-refractivity contribution in [3.63, 3.8) is 0 Å². The second kappa shape index (κ2) is 5.13. The Kier molecular flexibility index (Phi) is 3.04. The van der Waals surface area contributed by atoms with Gasteiger partial charge in [-0.3, -0.25) is 19.7 Å². The summed E-state index contributed by atoms with van der Waals surface area (Å²) >= 11 is 0. The minimum Gasteiger partial charge on any atom is -0.506 e. The van der Waals surface area contributed by atoms with Gasteiger partial charge in [0.2, 0.25) is 0 Å². The van der Waals surface area contributed by atoms with Crippen LogP contribution in [0.5, 0.6) is 5.75 Å². The van der Waals surface area contributed by atoms with Crippen LogP contribution in [-0.2, 0) is 0 Å². The lowest BCUT2D eigenvalue weighted by molar-refractivity contribution is -0.384. The molecule has 7 nitrogen and oxygen atoms in total. The quantitative estimate of drug-likeness (QED) is 0.440. The molecule has 0 bridgehead atoms. The zero-order valence-electron chi connectivity index (χ0n) is 12.7. The van der Waals surface area contributed by atoms with Gasteiger partial charge in [-0.1, -0.05) is 24.3 Å². The number of non-ortho nitro benzene ring substituents is 1. The van der Waals surface area contributed by atoms with E-state index in [0.717, 1.165) is 11.0 Å². The maximum atomic E-state index is 12.9. The minimum atomic E-state index is -0.709. The van der Waals surface area contributed by atoms with Gasteiger partial charge >= 0.3 is 0 Å². The molecule has 0 radical (unpaired) electrons. The summed E-state index contributed by atoms with van der Waals surface area (Å²) in [5.41, 5.74) is 0.110. The summed E-state index contributed by atoms with van der Waals surface area (Å²) in [6, 6.07) is 13.2. The maximum Gasteiger partial charge on any atom is 0.270 e. The van der Waals surface area contributed by atoms with E-state index >= 15 is 0 Å². The van der Waals surface area contributed by atoms with Crippen LogP contribution in [0.15, 0.2) is 54.6 Å². The third-order valence-electron chi connectivity index (χ3n) is 4.16. The molecule has 0 aliphatic carbocycles. The SMILES string of the molecule is O=C1c2cccc3cc([N+](=O)[O-])cc(c23)C(=O)N1c1ccccc1O. The Bertz CT molecular complexity index is 1090. The van der Waals surface area contributed by atoms with Gasteiger partial charge in [-0.2, -0.15) is 0 Å². The van der Waals surface area contributed by atoms with Gasteiger partial charge in [-0.15, -0.1) is 0 Å². The number of rotatable bonds is 2. The first-order chi connectivity index (χ1) is 12.0. The van der Waals surface area contributed by atoms with Crippen LogP contribution >= 0.6 is 0 Å². The Hall–Kier alpha value is -3.74. The number of aromatic hydroxyl groups is 1. The Morgan fingerprint density at radius 1 is 0.920 bits per heavy atom. The highest BCUT2D eigenvalue weighted by atomic mass is 16.6. The van der Waals surface area contributed by atoms with E-state index in [1.165, 1.54) is 18.2 Å². The lowest BCUT2D eigenvalue weighted by atomic mass is 9.93. The molecular weight excluding hydrogens is 324 g/mol.